The lowest BCUT2D eigenvalue weighted by molar-refractivity contribution is 1.07. The van der Waals surface area contributed by atoms with Gasteiger partial charge in [-0.05, 0) is 23.3 Å². The fraction of sp³-hybridized carbons (Fsp3) is 0. The maximum atomic E-state index is 5.11. The molecule has 192 valence electrons. The molecule has 8 rings (SSSR count). The number of nitrogens with zero attached hydrogens (tertiary/aromatic N) is 5. The van der Waals surface area contributed by atoms with Gasteiger partial charge in [-0.15, -0.1) is 11.3 Å². The average Bonchev–Trinajstić information content (AvgIpc) is 3.45. The molecule has 41 heavy (non-hydrogen) atoms. The second-order valence-electron chi connectivity index (χ2n) is 9.77. The summed E-state index contributed by atoms with van der Waals surface area (Å²) in [4.78, 5) is 24.5. The van der Waals surface area contributed by atoms with Crippen LogP contribution in [0.4, 0.5) is 0 Å². The SMILES string of the molecule is c1ccc(-c2ccc(-c3nc(-c4ccccc4)nc(-c4nc5ccncc5c5c4sc4ccccc45)n3)cc2)cc1. The van der Waals surface area contributed by atoms with Crippen molar-refractivity contribution in [3.05, 3.63) is 128 Å². The molecule has 0 N–H and O–H groups in total. The van der Waals surface area contributed by atoms with Crippen molar-refractivity contribution in [1.29, 1.82) is 0 Å². The van der Waals surface area contributed by atoms with Crippen molar-refractivity contribution in [2.75, 3.05) is 0 Å². The van der Waals surface area contributed by atoms with Gasteiger partial charge in [0.15, 0.2) is 17.5 Å². The summed E-state index contributed by atoms with van der Waals surface area (Å²) in [6, 6.07) is 39.2. The molecule has 0 aliphatic heterocycles. The first kappa shape index (κ1) is 23.5. The highest BCUT2D eigenvalue weighted by Gasteiger charge is 2.20. The molecule has 0 unspecified atom stereocenters. The number of aromatic nitrogens is 5. The van der Waals surface area contributed by atoms with Gasteiger partial charge in [-0.3, -0.25) is 4.98 Å². The van der Waals surface area contributed by atoms with Crippen LogP contribution in [0.5, 0.6) is 0 Å². The van der Waals surface area contributed by atoms with E-state index in [4.69, 9.17) is 19.9 Å². The molecule has 4 heterocycles. The van der Waals surface area contributed by atoms with E-state index in [9.17, 15) is 0 Å². The smallest absolute Gasteiger partial charge is 0.183 e. The Morgan fingerprint density at radius 1 is 0.463 bits per heavy atom. The minimum Gasteiger partial charge on any atom is -0.264 e. The first-order valence-corrected chi connectivity index (χ1v) is 14.2. The molecule has 0 amide bonds. The van der Waals surface area contributed by atoms with Crippen molar-refractivity contribution < 1.29 is 0 Å². The van der Waals surface area contributed by atoms with Crippen molar-refractivity contribution in [2.45, 2.75) is 0 Å². The maximum Gasteiger partial charge on any atom is 0.183 e. The van der Waals surface area contributed by atoms with Crippen molar-refractivity contribution in [2.24, 2.45) is 0 Å². The second kappa shape index (κ2) is 9.70. The average molecular weight is 544 g/mol. The Kier molecular flexibility index (Phi) is 5.57. The van der Waals surface area contributed by atoms with Crippen LogP contribution in [0.2, 0.25) is 0 Å². The molecule has 0 aliphatic rings. The van der Waals surface area contributed by atoms with Gasteiger partial charge in [0.1, 0.15) is 5.69 Å². The van der Waals surface area contributed by atoms with Crippen LogP contribution < -0.4 is 0 Å². The molecular weight excluding hydrogens is 522 g/mol. The summed E-state index contributed by atoms with van der Waals surface area (Å²) < 4.78 is 2.23. The van der Waals surface area contributed by atoms with Crippen LogP contribution in [0.1, 0.15) is 0 Å². The minimum atomic E-state index is 0.552. The molecule has 0 bridgehead atoms. The number of hydrogen-bond donors (Lipinski definition) is 0. The third kappa shape index (κ3) is 4.13. The molecule has 8 aromatic rings. The molecule has 0 saturated heterocycles. The van der Waals surface area contributed by atoms with E-state index >= 15 is 0 Å². The highest BCUT2D eigenvalue weighted by molar-refractivity contribution is 7.26. The molecule has 4 aromatic carbocycles. The standard InChI is InChI=1S/C35H21N5S/c1-3-9-22(10-4-1)23-15-17-25(18-16-23)34-38-33(24-11-5-2-6-12-24)39-35(40-34)31-32-30(26-13-7-8-14-29(26)41-32)27-21-36-20-19-28(27)37-31/h1-21H. The van der Waals surface area contributed by atoms with E-state index in [0.717, 1.165) is 43.4 Å². The van der Waals surface area contributed by atoms with Crippen molar-refractivity contribution >= 4 is 42.4 Å². The summed E-state index contributed by atoms with van der Waals surface area (Å²) in [5.41, 5.74) is 5.77. The predicted molar refractivity (Wildman–Crippen MR) is 168 cm³/mol. The highest BCUT2D eigenvalue weighted by atomic mass is 32.1. The van der Waals surface area contributed by atoms with Crippen LogP contribution in [0.25, 0.3) is 76.5 Å². The quantitative estimate of drug-likeness (QED) is 0.222. The zero-order valence-corrected chi connectivity index (χ0v) is 22.6. The van der Waals surface area contributed by atoms with Gasteiger partial charge in [-0.1, -0.05) is 103 Å². The molecule has 0 saturated carbocycles. The van der Waals surface area contributed by atoms with E-state index in [1.54, 1.807) is 17.5 Å². The van der Waals surface area contributed by atoms with E-state index in [2.05, 4.69) is 77.8 Å². The van der Waals surface area contributed by atoms with Crippen molar-refractivity contribution in [1.82, 2.24) is 24.9 Å². The monoisotopic (exact) mass is 543 g/mol. The number of hydrogen-bond acceptors (Lipinski definition) is 6. The Labute approximate surface area is 239 Å². The molecule has 0 radical (unpaired) electrons. The van der Waals surface area contributed by atoms with Gasteiger partial charge >= 0.3 is 0 Å². The summed E-state index contributed by atoms with van der Waals surface area (Å²) in [6.07, 6.45) is 3.68. The zero-order valence-electron chi connectivity index (χ0n) is 21.8. The predicted octanol–water partition coefficient (Wildman–Crippen LogP) is 8.85. The van der Waals surface area contributed by atoms with Gasteiger partial charge in [0.25, 0.3) is 0 Å². The highest BCUT2D eigenvalue weighted by Crippen LogP contribution is 2.42. The van der Waals surface area contributed by atoms with Crippen LogP contribution in [0.15, 0.2) is 128 Å². The van der Waals surface area contributed by atoms with E-state index in [1.807, 2.05) is 48.7 Å². The molecular formula is C35H21N5S. The van der Waals surface area contributed by atoms with Crippen LogP contribution >= 0.6 is 11.3 Å². The Hall–Kier alpha value is -5.33. The van der Waals surface area contributed by atoms with E-state index in [1.165, 1.54) is 15.6 Å². The molecule has 0 atom stereocenters. The summed E-state index contributed by atoms with van der Waals surface area (Å²) in [7, 11) is 0. The van der Waals surface area contributed by atoms with Crippen LogP contribution in [0, 0.1) is 0 Å². The Morgan fingerprint density at radius 2 is 1.05 bits per heavy atom. The minimum absolute atomic E-state index is 0.552. The number of fused-ring (bicyclic) bond motifs is 5. The maximum absolute atomic E-state index is 5.11. The Morgan fingerprint density at radius 3 is 1.80 bits per heavy atom. The molecule has 5 nitrogen and oxygen atoms in total. The van der Waals surface area contributed by atoms with Gasteiger partial charge in [0, 0.05) is 44.4 Å². The third-order valence-electron chi connectivity index (χ3n) is 7.24. The molecule has 6 heteroatoms. The Balaban J connectivity index is 1.37. The summed E-state index contributed by atoms with van der Waals surface area (Å²) in [5.74, 6) is 1.78. The van der Waals surface area contributed by atoms with Gasteiger partial charge in [-0.25, -0.2) is 19.9 Å². The van der Waals surface area contributed by atoms with Gasteiger partial charge in [-0.2, -0.15) is 0 Å². The summed E-state index contributed by atoms with van der Waals surface area (Å²) in [6.45, 7) is 0. The zero-order chi connectivity index (χ0) is 27.2. The molecule has 0 spiro atoms. The molecule has 0 aliphatic carbocycles. The van der Waals surface area contributed by atoms with E-state index in [-0.39, 0.29) is 0 Å². The van der Waals surface area contributed by atoms with Crippen LogP contribution in [-0.2, 0) is 0 Å². The van der Waals surface area contributed by atoms with Crippen LogP contribution in [0.3, 0.4) is 0 Å². The lowest BCUT2D eigenvalue weighted by Crippen LogP contribution is -2.01. The molecule has 4 aromatic heterocycles. The number of rotatable bonds is 4. The number of thiophene rings is 1. The first-order chi connectivity index (χ1) is 20.3. The van der Waals surface area contributed by atoms with Crippen molar-refractivity contribution in [3.63, 3.8) is 0 Å². The normalized spacial score (nSPS) is 11.4. The van der Waals surface area contributed by atoms with E-state index < -0.39 is 0 Å². The van der Waals surface area contributed by atoms with E-state index in [0.29, 0.717) is 17.5 Å². The lowest BCUT2D eigenvalue weighted by Gasteiger charge is -2.10. The summed E-state index contributed by atoms with van der Waals surface area (Å²) in [5, 5.41) is 3.34. The topological polar surface area (TPSA) is 64.5 Å². The van der Waals surface area contributed by atoms with Gasteiger partial charge < -0.3 is 0 Å². The number of pyridine rings is 2. The fourth-order valence-electron chi connectivity index (χ4n) is 5.25. The fourth-order valence-corrected chi connectivity index (χ4v) is 6.45. The van der Waals surface area contributed by atoms with Crippen LogP contribution in [-0.4, -0.2) is 24.9 Å². The lowest BCUT2D eigenvalue weighted by atomic mass is 10.0. The number of benzene rings is 4. The van der Waals surface area contributed by atoms with Gasteiger partial charge in [0.05, 0.1) is 10.2 Å². The molecule has 0 fully saturated rings. The third-order valence-corrected chi connectivity index (χ3v) is 8.42. The first-order valence-electron chi connectivity index (χ1n) is 13.3. The van der Waals surface area contributed by atoms with Gasteiger partial charge in [0.2, 0.25) is 0 Å². The second-order valence-corrected chi connectivity index (χ2v) is 10.8. The van der Waals surface area contributed by atoms with Crippen molar-refractivity contribution in [3.8, 4) is 45.4 Å². The Bertz CT molecular complexity index is 2190. The summed E-state index contributed by atoms with van der Waals surface area (Å²) >= 11 is 1.71. The largest absolute Gasteiger partial charge is 0.264 e.